The van der Waals surface area contributed by atoms with Crippen molar-refractivity contribution in [1.29, 1.82) is 0 Å². The number of imidazole rings is 1. The smallest absolute Gasteiger partial charge is 0.218 e. The van der Waals surface area contributed by atoms with Crippen LogP contribution in [0.25, 0.3) is 39.4 Å². The molecule has 8 nitrogen and oxygen atoms in total. The molecule has 8 heteroatoms. The monoisotopic (exact) mass is 479 g/mol. The molecule has 3 N–H and O–H groups in total. The number of methoxy groups -OCH3 is 1. The topological polar surface area (TPSA) is 95.3 Å². The van der Waals surface area contributed by atoms with Crippen LogP contribution in [0.4, 0.5) is 5.82 Å². The fraction of sp³-hybridized carbons (Fsp3) is 0.250. The van der Waals surface area contributed by atoms with Crippen molar-refractivity contribution in [2.24, 2.45) is 12.8 Å². The fourth-order valence-corrected chi connectivity index (χ4v) is 4.91. The molecule has 1 aliphatic carbocycles. The molecule has 1 fully saturated rings. The number of aryl methyl sites for hydroxylation is 1. The minimum absolute atomic E-state index is 0.282. The van der Waals surface area contributed by atoms with Crippen molar-refractivity contribution in [3.63, 3.8) is 0 Å². The molecule has 3 aromatic heterocycles. The first-order chi connectivity index (χ1) is 17.6. The second-order valence-corrected chi connectivity index (χ2v) is 9.30. The van der Waals surface area contributed by atoms with Crippen LogP contribution in [0.5, 0.6) is 0 Å². The molecule has 36 heavy (non-hydrogen) atoms. The Morgan fingerprint density at radius 3 is 2.61 bits per heavy atom. The van der Waals surface area contributed by atoms with E-state index in [4.69, 9.17) is 20.6 Å². The van der Waals surface area contributed by atoms with Crippen molar-refractivity contribution in [3.8, 4) is 33.9 Å². The molecule has 0 atom stereocenters. The van der Waals surface area contributed by atoms with Gasteiger partial charge in [0.2, 0.25) is 5.82 Å². The molecule has 0 radical (unpaired) electrons. The van der Waals surface area contributed by atoms with E-state index in [0.717, 1.165) is 52.0 Å². The molecule has 182 valence electrons. The van der Waals surface area contributed by atoms with Gasteiger partial charge in [0.25, 0.3) is 0 Å². The van der Waals surface area contributed by atoms with Crippen LogP contribution in [0.2, 0.25) is 0 Å². The predicted molar refractivity (Wildman–Crippen MR) is 141 cm³/mol. The van der Waals surface area contributed by atoms with Crippen LogP contribution in [-0.4, -0.2) is 43.4 Å². The Morgan fingerprint density at radius 2 is 1.89 bits per heavy atom. The third-order valence-electron chi connectivity index (χ3n) is 6.96. The molecule has 0 unspecified atom stereocenters. The zero-order valence-corrected chi connectivity index (χ0v) is 20.4. The maximum atomic E-state index is 5.98. The van der Waals surface area contributed by atoms with Gasteiger partial charge in [-0.05, 0) is 35.6 Å². The highest BCUT2D eigenvalue weighted by Gasteiger charge is 2.31. The van der Waals surface area contributed by atoms with Gasteiger partial charge in [0.05, 0.1) is 6.10 Å². The highest BCUT2D eigenvalue weighted by atomic mass is 16.5. The Kier molecular flexibility index (Phi) is 5.75. The van der Waals surface area contributed by atoms with Gasteiger partial charge in [0, 0.05) is 56.5 Å². The predicted octanol–water partition coefficient (Wildman–Crippen LogP) is 4.51. The summed E-state index contributed by atoms with van der Waals surface area (Å²) in [6, 6.07) is 19.1. The lowest BCUT2D eigenvalue weighted by atomic mass is 9.89. The van der Waals surface area contributed by atoms with Crippen LogP contribution >= 0.6 is 0 Å². The Bertz CT molecular complexity index is 1520. The summed E-state index contributed by atoms with van der Waals surface area (Å²) in [5, 5.41) is 8.63. The Labute approximate surface area is 209 Å². The number of fused-ring (bicyclic) bond motifs is 1. The normalized spacial score (nSPS) is 17.3. The minimum atomic E-state index is 0.282. The summed E-state index contributed by atoms with van der Waals surface area (Å²) in [5.41, 5.74) is 12.4. The number of hydrogen-bond donors (Lipinski definition) is 2. The van der Waals surface area contributed by atoms with E-state index >= 15 is 0 Å². The van der Waals surface area contributed by atoms with Crippen molar-refractivity contribution in [2.75, 3.05) is 12.4 Å². The molecule has 0 amide bonds. The molecular weight excluding hydrogens is 450 g/mol. The summed E-state index contributed by atoms with van der Waals surface area (Å²) >= 11 is 0. The summed E-state index contributed by atoms with van der Waals surface area (Å²) in [7, 11) is 3.72. The number of benzene rings is 2. The van der Waals surface area contributed by atoms with Gasteiger partial charge in [-0.3, -0.25) is 0 Å². The van der Waals surface area contributed by atoms with Gasteiger partial charge in [-0.15, -0.1) is 5.10 Å². The average molecular weight is 480 g/mol. The van der Waals surface area contributed by atoms with Crippen LogP contribution in [-0.2, 0) is 18.3 Å². The molecule has 1 saturated carbocycles. The number of hydrogen-bond acceptors (Lipinski definition) is 6. The zero-order chi connectivity index (χ0) is 24.6. The van der Waals surface area contributed by atoms with E-state index in [0.29, 0.717) is 18.2 Å². The van der Waals surface area contributed by atoms with Gasteiger partial charge < -0.3 is 20.4 Å². The number of anilines is 1. The maximum Gasteiger partial charge on any atom is 0.218 e. The van der Waals surface area contributed by atoms with E-state index < -0.39 is 0 Å². The van der Waals surface area contributed by atoms with Crippen molar-refractivity contribution in [3.05, 3.63) is 78.8 Å². The molecule has 0 aliphatic heterocycles. The lowest BCUT2D eigenvalue weighted by Gasteiger charge is -2.35. The third-order valence-corrected chi connectivity index (χ3v) is 6.96. The van der Waals surface area contributed by atoms with Gasteiger partial charge >= 0.3 is 0 Å². The standard InChI is InChI=1S/C28H29N7O/c1-34-12-11-30-28(34)27-32-26(31-21-14-22(15-21)36-2)25-24(19-8-4-3-5-9-19)23(17-35(25)33-27)20-10-6-7-18(13-20)16-29/h3-13,17,21-22H,14-16,29H2,1-2H3,(H,31,32,33)/t21-,22-. The number of nitrogens with two attached hydrogens (primary N) is 1. The molecule has 0 bridgehead atoms. The summed E-state index contributed by atoms with van der Waals surface area (Å²) in [6.45, 7) is 0.486. The Balaban J connectivity index is 1.60. The van der Waals surface area contributed by atoms with E-state index in [1.165, 1.54) is 0 Å². The fourth-order valence-electron chi connectivity index (χ4n) is 4.91. The average Bonchev–Trinajstić information content (AvgIpc) is 3.50. The summed E-state index contributed by atoms with van der Waals surface area (Å²) in [4.78, 5) is 9.52. The van der Waals surface area contributed by atoms with Crippen molar-refractivity contribution < 1.29 is 4.74 Å². The van der Waals surface area contributed by atoms with Crippen LogP contribution in [0.1, 0.15) is 18.4 Å². The van der Waals surface area contributed by atoms with E-state index in [1.807, 2.05) is 28.4 Å². The number of nitrogens with zero attached hydrogens (tertiary/aromatic N) is 5. The summed E-state index contributed by atoms with van der Waals surface area (Å²) in [5.74, 6) is 2.07. The molecule has 1 aliphatic rings. The number of nitrogens with one attached hydrogen (secondary N) is 1. The van der Waals surface area contributed by atoms with E-state index in [-0.39, 0.29) is 12.1 Å². The molecule has 0 spiro atoms. The maximum absolute atomic E-state index is 5.98. The molecule has 6 rings (SSSR count). The highest BCUT2D eigenvalue weighted by Crippen LogP contribution is 2.41. The second-order valence-electron chi connectivity index (χ2n) is 9.30. The molecule has 2 aromatic carbocycles. The summed E-state index contributed by atoms with van der Waals surface area (Å²) in [6.07, 6.45) is 7.92. The van der Waals surface area contributed by atoms with E-state index in [2.05, 4.69) is 65.0 Å². The first kappa shape index (κ1) is 22.5. The van der Waals surface area contributed by atoms with Crippen LogP contribution in [0.3, 0.4) is 0 Å². The van der Waals surface area contributed by atoms with Crippen LogP contribution in [0.15, 0.2) is 73.2 Å². The first-order valence-corrected chi connectivity index (χ1v) is 12.2. The van der Waals surface area contributed by atoms with Crippen molar-refractivity contribution in [1.82, 2.24) is 24.1 Å². The highest BCUT2D eigenvalue weighted by molar-refractivity contribution is 5.99. The van der Waals surface area contributed by atoms with Gasteiger partial charge in [-0.2, -0.15) is 0 Å². The minimum Gasteiger partial charge on any atom is -0.381 e. The van der Waals surface area contributed by atoms with Gasteiger partial charge in [-0.25, -0.2) is 14.5 Å². The first-order valence-electron chi connectivity index (χ1n) is 12.2. The lowest BCUT2D eigenvalue weighted by Crippen LogP contribution is -2.40. The van der Waals surface area contributed by atoms with Crippen LogP contribution in [0, 0.1) is 0 Å². The molecular formula is C28H29N7O. The molecule has 3 heterocycles. The number of ether oxygens (including phenoxy) is 1. The van der Waals surface area contributed by atoms with E-state index in [1.54, 1.807) is 13.3 Å². The van der Waals surface area contributed by atoms with Gasteiger partial charge in [0.1, 0.15) is 5.52 Å². The van der Waals surface area contributed by atoms with Gasteiger partial charge in [-0.1, -0.05) is 48.5 Å². The quantitative estimate of drug-likeness (QED) is 0.357. The SMILES string of the molecule is CO[C@H]1C[C@H](Nc2nc(-c3nccn3C)nn3cc(-c4cccc(CN)c4)c(-c4ccccc4)c23)C1. The van der Waals surface area contributed by atoms with Crippen molar-refractivity contribution >= 4 is 11.3 Å². The zero-order valence-electron chi connectivity index (χ0n) is 20.4. The Morgan fingerprint density at radius 1 is 1.08 bits per heavy atom. The van der Waals surface area contributed by atoms with Crippen molar-refractivity contribution in [2.45, 2.75) is 31.5 Å². The number of aromatic nitrogens is 5. The van der Waals surface area contributed by atoms with E-state index in [9.17, 15) is 0 Å². The molecule has 5 aromatic rings. The van der Waals surface area contributed by atoms with Gasteiger partial charge in [0.15, 0.2) is 11.6 Å². The summed E-state index contributed by atoms with van der Waals surface area (Å²) < 4.78 is 9.39. The van der Waals surface area contributed by atoms with Crippen LogP contribution < -0.4 is 11.1 Å². The largest absolute Gasteiger partial charge is 0.381 e. The lowest BCUT2D eigenvalue weighted by molar-refractivity contribution is 0.0328. The third kappa shape index (κ3) is 3.94. The second kappa shape index (κ2) is 9.22. The molecule has 0 saturated heterocycles. The Hall–Kier alpha value is -4.01. The number of rotatable bonds is 7.